The van der Waals surface area contributed by atoms with Gasteiger partial charge in [0.05, 0.1) is 35.2 Å². The van der Waals surface area contributed by atoms with Crippen molar-refractivity contribution in [3.63, 3.8) is 0 Å². The minimum atomic E-state index is -0.373. The van der Waals surface area contributed by atoms with Gasteiger partial charge in [0.2, 0.25) is 5.82 Å². The Bertz CT molecular complexity index is 1080. The Morgan fingerprint density at radius 2 is 1.89 bits per heavy atom. The molecule has 0 atom stereocenters. The second-order valence-electron chi connectivity index (χ2n) is 5.47. The standard InChI is InChI=1S/C16H13ClFN7.3ClH/c1-24-22-16(21-23-24)15-14(17)12-6-9(18)2-5-13(12)25(15)11-4-3-10(7-19)20-8-11;;;/h2-6,8H,7,19H2,1H3;3*1H. The van der Waals surface area contributed by atoms with E-state index in [9.17, 15) is 4.39 Å². The zero-order valence-corrected chi connectivity index (χ0v) is 17.6. The molecule has 2 N–H and O–H groups in total. The fraction of sp³-hybridized carbons (Fsp3) is 0.125. The van der Waals surface area contributed by atoms with Crippen LogP contribution >= 0.6 is 48.8 Å². The largest absolute Gasteiger partial charge is 0.325 e. The summed E-state index contributed by atoms with van der Waals surface area (Å²) in [4.78, 5) is 5.66. The van der Waals surface area contributed by atoms with Crippen molar-refractivity contribution >= 4 is 59.7 Å². The van der Waals surface area contributed by atoms with Crippen LogP contribution in [0, 0.1) is 5.82 Å². The fourth-order valence-electron chi connectivity index (χ4n) is 2.74. The molecule has 0 saturated heterocycles. The summed E-state index contributed by atoms with van der Waals surface area (Å²) in [5.74, 6) is -0.0335. The molecule has 0 amide bonds. The molecule has 1 aromatic carbocycles. The highest BCUT2D eigenvalue weighted by atomic mass is 35.5. The smallest absolute Gasteiger partial charge is 0.223 e. The van der Waals surface area contributed by atoms with Crippen LogP contribution in [0.1, 0.15) is 5.69 Å². The average molecular weight is 467 g/mol. The molecule has 3 heterocycles. The number of halogens is 5. The molecule has 7 nitrogen and oxygen atoms in total. The van der Waals surface area contributed by atoms with Gasteiger partial charge in [-0.25, -0.2) is 4.39 Å². The maximum atomic E-state index is 13.7. The molecule has 4 aromatic rings. The highest BCUT2D eigenvalue weighted by molar-refractivity contribution is 6.38. The maximum Gasteiger partial charge on any atom is 0.223 e. The molecule has 0 bridgehead atoms. The predicted octanol–water partition coefficient (Wildman–Crippen LogP) is 3.73. The molecule has 0 fully saturated rings. The summed E-state index contributed by atoms with van der Waals surface area (Å²) in [7, 11) is 1.66. The van der Waals surface area contributed by atoms with Crippen molar-refractivity contribution in [2.24, 2.45) is 12.8 Å². The Kier molecular flexibility index (Phi) is 8.16. The lowest BCUT2D eigenvalue weighted by atomic mass is 10.2. The normalized spacial score (nSPS) is 10.1. The van der Waals surface area contributed by atoms with Crippen LogP contribution < -0.4 is 5.73 Å². The summed E-state index contributed by atoms with van der Waals surface area (Å²) >= 11 is 6.54. The van der Waals surface area contributed by atoms with Gasteiger partial charge in [-0.1, -0.05) is 11.6 Å². The predicted molar refractivity (Wildman–Crippen MR) is 113 cm³/mol. The lowest BCUT2D eigenvalue weighted by Crippen LogP contribution is -2.03. The molecule has 150 valence electrons. The molecule has 0 aliphatic heterocycles. The summed E-state index contributed by atoms with van der Waals surface area (Å²) in [6.45, 7) is 0.344. The zero-order chi connectivity index (χ0) is 17.6. The third kappa shape index (κ3) is 4.06. The third-order valence-electron chi connectivity index (χ3n) is 3.86. The van der Waals surface area contributed by atoms with Gasteiger partial charge in [0.15, 0.2) is 0 Å². The van der Waals surface area contributed by atoms with Gasteiger partial charge in [0.1, 0.15) is 11.5 Å². The van der Waals surface area contributed by atoms with Crippen molar-refractivity contribution in [1.82, 2.24) is 29.8 Å². The van der Waals surface area contributed by atoms with Crippen LogP contribution in [0.5, 0.6) is 0 Å². The van der Waals surface area contributed by atoms with Crippen LogP contribution in [0.3, 0.4) is 0 Å². The second-order valence-corrected chi connectivity index (χ2v) is 5.85. The number of hydrogen-bond donors (Lipinski definition) is 1. The Balaban J connectivity index is 0.00000131. The van der Waals surface area contributed by atoms with E-state index in [1.807, 2.05) is 16.7 Å². The minimum absolute atomic E-state index is 0. The average Bonchev–Trinajstić information content (AvgIpc) is 3.16. The monoisotopic (exact) mass is 465 g/mol. The van der Waals surface area contributed by atoms with E-state index in [0.717, 1.165) is 16.9 Å². The van der Waals surface area contributed by atoms with Crippen LogP contribution in [0.25, 0.3) is 28.1 Å². The molecule has 0 spiro atoms. The maximum absolute atomic E-state index is 13.7. The Morgan fingerprint density at radius 3 is 2.46 bits per heavy atom. The zero-order valence-electron chi connectivity index (χ0n) is 14.4. The van der Waals surface area contributed by atoms with Crippen molar-refractivity contribution in [2.75, 3.05) is 0 Å². The van der Waals surface area contributed by atoms with Crippen LogP contribution in [-0.2, 0) is 13.6 Å². The number of aryl methyl sites for hydroxylation is 1. The first-order valence-electron chi connectivity index (χ1n) is 7.47. The van der Waals surface area contributed by atoms with Gasteiger partial charge < -0.3 is 10.3 Å². The van der Waals surface area contributed by atoms with E-state index in [1.165, 1.54) is 16.9 Å². The van der Waals surface area contributed by atoms with Crippen LogP contribution in [0.4, 0.5) is 4.39 Å². The number of pyridine rings is 1. The molecule has 0 aliphatic carbocycles. The fourth-order valence-corrected chi connectivity index (χ4v) is 3.06. The van der Waals surface area contributed by atoms with Crippen molar-refractivity contribution < 1.29 is 4.39 Å². The topological polar surface area (TPSA) is 87.4 Å². The number of nitrogens with two attached hydrogens (primary N) is 1. The lowest BCUT2D eigenvalue weighted by Gasteiger charge is -2.09. The number of tetrazole rings is 1. The van der Waals surface area contributed by atoms with E-state index in [2.05, 4.69) is 20.4 Å². The van der Waals surface area contributed by atoms with Crippen LogP contribution in [0.2, 0.25) is 5.02 Å². The number of rotatable bonds is 3. The third-order valence-corrected chi connectivity index (χ3v) is 4.25. The van der Waals surface area contributed by atoms with E-state index in [1.54, 1.807) is 19.3 Å². The number of nitrogens with zero attached hydrogens (tertiary/aromatic N) is 6. The van der Waals surface area contributed by atoms with Gasteiger partial charge in [-0.15, -0.1) is 47.4 Å². The molecule has 28 heavy (non-hydrogen) atoms. The summed E-state index contributed by atoms with van der Waals surface area (Å²) in [5, 5.41) is 13.1. The molecule has 0 radical (unpaired) electrons. The Hall–Kier alpha value is -1.97. The van der Waals surface area contributed by atoms with E-state index in [4.69, 9.17) is 17.3 Å². The molecular formula is C16H16Cl4FN7. The molecule has 12 heteroatoms. The molecule has 0 unspecified atom stereocenters. The lowest BCUT2D eigenvalue weighted by molar-refractivity contribution is 0.629. The summed E-state index contributed by atoms with van der Waals surface area (Å²) in [6.07, 6.45) is 1.68. The first-order chi connectivity index (χ1) is 12.1. The Morgan fingerprint density at radius 1 is 1.14 bits per heavy atom. The molecular weight excluding hydrogens is 451 g/mol. The van der Waals surface area contributed by atoms with E-state index in [-0.39, 0.29) is 43.0 Å². The van der Waals surface area contributed by atoms with Gasteiger partial charge >= 0.3 is 0 Å². The number of benzene rings is 1. The number of fused-ring (bicyclic) bond motifs is 1. The van der Waals surface area contributed by atoms with Crippen LogP contribution in [0.15, 0.2) is 36.5 Å². The summed E-state index contributed by atoms with van der Waals surface area (Å²) < 4.78 is 15.6. The second kappa shape index (κ2) is 9.49. The van der Waals surface area contributed by atoms with Crippen LogP contribution in [-0.4, -0.2) is 29.8 Å². The van der Waals surface area contributed by atoms with Gasteiger partial charge in [0, 0.05) is 11.9 Å². The van der Waals surface area contributed by atoms with Gasteiger partial charge in [0.25, 0.3) is 0 Å². The SMILES string of the molecule is Cl.Cl.Cl.Cn1nnc(-c2c(Cl)c3cc(F)ccc3n2-c2ccc(CN)nc2)n1. The Labute approximate surface area is 183 Å². The van der Waals surface area contributed by atoms with Gasteiger partial charge in [-0.2, -0.15) is 4.80 Å². The first-order valence-corrected chi connectivity index (χ1v) is 7.85. The molecule has 3 aromatic heterocycles. The van der Waals surface area contributed by atoms with Crippen molar-refractivity contribution in [3.05, 3.63) is 53.1 Å². The van der Waals surface area contributed by atoms with Crippen molar-refractivity contribution in [3.8, 4) is 17.2 Å². The molecule has 4 rings (SSSR count). The van der Waals surface area contributed by atoms with Crippen molar-refractivity contribution in [1.29, 1.82) is 0 Å². The summed E-state index contributed by atoms with van der Waals surface area (Å²) in [5.41, 5.74) is 8.35. The molecule has 0 saturated carbocycles. The van der Waals surface area contributed by atoms with E-state index < -0.39 is 0 Å². The highest BCUT2D eigenvalue weighted by Crippen LogP contribution is 2.38. The first kappa shape index (κ1) is 24.1. The number of hydrogen-bond acceptors (Lipinski definition) is 5. The number of aromatic nitrogens is 6. The van der Waals surface area contributed by atoms with Gasteiger partial charge in [-0.05, 0) is 35.5 Å². The molecule has 0 aliphatic rings. The van der Waals surface area contributed by atoms with E-state index in [0.29, 0.717) is 28.5 Å². The van der Waals surface area contributed by atoms with Gasteiger partial charge in [-0.3, -0.25) is 4.98 Å². The van der Waals surface area contributed by atoms with E-state index >= 15 is 0 Å². The summed E-state index contributed by atoms with van der Waals surface area (Å²) in [6, 6.07) is 8.12. The quantitative estimate of drug-likeness (QED) is 0.497. The highest BCUT2D eigenvalue weighted by Gasteiger charge is 2.22. The van der Waals surface area contributed by atoms with Crippen molar-refractivity contribution in [2.45, 2.75) is 6.54 Å². The minimum Gasteiger partial charge on any atom is -0.325 e.